The lowest BCUT2D eigenvalue weighted by atomic mass is 10.1. The number of esters is 1. The zero-order valence-corrected chi connectivity index (χ0v) is 18.8. The van der Waals surface area contributed by atoms with E-state index in [1.165, 1.54) is 22.3 Å². The Balaban J connectivity index is 1.34. The normalized spacial score (nSPS) is 11.2. The van der Waals surface area contributed by atoms with Crippen molar-refractivity contribution < 1.29 is 18.7 Å². The number of carbonyl (C=O) groups is 2. The fraction of sp³-hybridized carbons (Fsp3) is 0.208. The predicted octanol–water partition coefficient (Wildman–Crippen LogP) is 4.34. The van der Waals surface area contributed by atoms with Gasteiger partial charge < -0.3 is 14.1 Å². The van der Waals surface area contributed by atoms with Gasteiger partial charge in [-0.05, 0) is 30.0 Å². The van der Waals surface area contributed by atoms with Crippen molar-refractivity contribution in [2.45, 2.75) is 19.9 Å². The van der Waals surface area contributed by atoms with Crippen LogP contribution in [0.2, 0.25) is 0 Å². The highest BCUT2D eigenvalue weighted by Gasteiger charge is 2.19. The van der Waals surface area contributed by atoms with Crippen molar-refractivity contribution in [1.82, 2.24) is 20.1 Å². The molecule has 0 saturated carbocycles. The van der Waals surface area contributed by atoms with Crippen LogP contribution in [0.15, 0.2) is 64.5 Å². The molecule has 3 heterocycles. The topological polar surface area (TPSA) is 98.4 Å². The molecule has 3 aromatic heterocycles. The molecule has 1 amide bonds. The Bertz CT molecular complexity index is 1260. The van der Waals surface area contributed by atoms with Crippen molar-refractivity contribution in [1.29, 1.82) is 0 Å². The van der Waals surface area contributed by atoms with Crippen LogP contribution in [0, 0.1) is 0 Å². The number of benzene rings is 1. The number of para-hydroxylation sites is 1. The number of amides is 1. The summed E-state index contributed by atoms with van der Waals surface area (Å²) in [5.74, 6) is -0.190. The van der Waals surface area contributed by atoms with E-state index in [0.29, 0.717) is 18.3 Å². The number of ether oxygens (including phenoxy) is 1. The van der Waals surface area contributed by atoms with E-state index in [0.717, 1.165) is 27.8 Å². The molecule has 33 heavy (non-hydrogen) atoms. The number of aromatic nitrogens is 3. The molecule has 0 aliphatic carbocycles. The van der Waals surface area contributed by atoms with Gasteiger partial charge in [0.15, 0.2) is 6.61 Å². The lowest BCUT2D eigenvalue weighted by Gasteiger charge is -2.19. The van der Waals surface area contributed by atoms with Crippen LogP contribution in [0.4, 0.5) is 0 Å². The van der Waals surface area contributed by atoms with E-state index in [-0.39, 0.29) is 19.1 Å². The van der Waals surface area contributed by atoms with Gasteiger partial charge in [0.05, 0.1) is 16.9 Å². The molecule has 0 aliphatic heterocycles. The highest BCUT2D eigenvalue weighted by atomic mass is 32.1. The molecule has 0 bridgehead atoms. The predicted molar refractivity (Wildman–Crippen MR) is 125 cm³/mol. The highest BCUT2D eigenvalue weighted by molar-refractivity contribution is 7.13. The summed E-state index contributed by atoms with van der Waals surface area (Å²) in [6, 6.07) is 13.3. The molecule has 0 spiro atoms. The average Bonchev–Trinajstić information content (AvgIpc) is 3.53. The number of fused-ring (bicyclic) bond motifs is 1. The van der Waals surface area contributed by atoms with Crippen molar-refractivity contribution in [3.63, 3.8) is 0 Å². The maximum atomic E-state index is 12.7. The summed E-state index contributed by atoms with van der Waals surface area (Å²) < 4.78 is 10.8. The molecule has 0 N–H and O–H groups in total. The third kappa shape index (κ3) is 5.69. The smallest absolute Gasteiger partial charge is 0.331 e. The van der Waals surface area contributed by atoms with Crippen molar-refractivity contribution in [3.05, 3.63) is 71.6 Å². The van der Waals surface area contributed by atoms with Gasteiger partial charge in [-0.25, -0.2) is 4.79 Å². The van der Waals surface area contributed by atoms with Gasteiger partial charge in [-0.3, -0.25) is 9.78 Å². The fourth-order valence-electron chi connectivity index (χ4n) is 3.23. The van der Waals surface area contributed by atoms with Crippen LogP contribution in [0.5, 0.6) is 0 Å². The van der Waals surface area contributed by atoms with E-state index >= 15 is 0 Å². The summed E-state index contributed by atoms with van der Waals surface area (Å²) in [6.45, 7) is 2.21. The van der Waals surface area contributed by atoms with Crippen LogP contribution in [0.1, 0.15) is 24.8 Å². The number of hydrogen-bond donors (Lipinski definition) is 0. The Morgan fingerprint density at radius 3 is 2.85 bits per heavy atom. The lowest BCUT2D eigenvalue weighted by Crippen LogP contribution is -2.34. The van der Waals surface area contributed by atoms with Crippen LogP contribution in [0.3, 0.4) is 0 Å². The Morgan fingerprint density at radius 2 is 2.03 bits per heavy atom. The van der Waals surface area contributed by atoms with E-state index in [9.17, 15) is 9.59 Å². The first kappa shape index (κ1) is 22.3. The molecule has 0 aliphatic rings. The first-order valence-corrected chi connectivity index (χ1v) is 11.3. The molecule has 0 fully saturated rings. The van der Waals surface area contributed by atoms with Crippen LogP contribution in [0.25, 0.3) is 27.7 Å². The van der Waals surface area contributed by atoms with Crippen molar-refractivity contribution in [2.24, 2.45) is 0 Å². The third-order valence-corrected chi connectivity index (χ3v) is 5.63. The standard InChI is InChI=1S/C24H22N4O4S/c1-2-13-28(15-20-26-27-24(32-20)19-9-5-14-33-19)21(29)16-31-22(30)11-10-18-7-3-6-17-8-4-12-25-23(17)18/h3-12,14H,2,13,15-16H2,1H3/b11-10+. The summed E-state index contributed by atoms with van der Waals surface area (Å²) in [4.78, 5) is 31.6. The zero-order valence-electron chi connectivity index (χ0n) is 18.0. The molecule has 4 aromatic rings. The average molecular weight is 463 g/mol. The molecule has 0 atom stereocenters. The molecule has 9 heteroatoms. The number of hydrogen-bond acceptors (Lipinski definition) is 8. The second-order valence-electron chi connectivity index (χ2n) is 7.16. The summed E-state index contributed by atoms with van der Waals surface area (Å²) in [7, 11) is 0. The van der Waals surface area contributed by atoms with E-state index in [2.05, 4.69) is 15.2 Å². The number of thiophene rings is 1. The number of carbonyl (C=O) groups excluding carboxylic acids is 2. The minimum atomic E-state index is -0.606. The molecule has 0 unspecified atom stereocenters. The SMILES string of the molecule is CCCN(Cc1nnc(-c2cccs2)o1)C(=O)COC(=O)/C=C/c1cccc2cccnc12. The lowest BCUT2D eigenvalue weighted by molar-refractivity contribution is -0.148. The van der Waals surface area contributed by atoms with Crippen LogP contribution in [-0.2, 0) is 20.9 Å². The largest absolute Gasteiger partial charge is 0.452 e. The van der Waals surface area contributed by atoms with E-state index in [1.54, 1.807) is 12.3 Å². The molecular weight excluding hydrogens is 440 g/mol. The van der Waals surface area contributed by atoms with E-state index < -0.39 is 5.97 Å². The Kier molecular flexibility index (Phi) is 7.21. The van der Waals surface area contributed by atoms with Gasteiger partial charge in [0.25, 0.3) is 11.8 Å². The van der Waals surface area contributed by atoms with Crippen LogP contribution < -0.4 is 0 Å². The van der Waals surface area contributed by atoms with Gasteiger partial charge in [0, 0.05) is 29.8 Å². The molecule has 1 aromatic carbocycles. The van der Waals surface area contributed by atoms with Gasteiger partial charge in [0.2, 0.25) is 5.89 Å². The molecule has 0 saturated heterocycles. The van der Waals surface area contributed by atoms with Crippen LogP contribution in [-0.4, -0.2) is 45.1 Å². The van der Waals surface area contributed by atoms with E-state index in [1.807, 2.05) is 54.8 Å². The third-order valence-electron chi connectivity index (χ3n) is 4.77. The highest BCUT2D eigenvalue weighted by Crippen LogP contribution is 2.23. The van der Waals surface area contributed by atoms with Gasteiger partial charge in [-0.1, -0.05) is 37.3 Å². The molecule has 8 nitrogen and oxygen atoms in total. The Hall–Kier alpha value is -3.85. The van der Waals surface area contributed by atoms with Crippen molar-refractivity contribution in [2.75, 3.05) is 13.2 Å². The minimum Gasteiger partial charge on any atom is -0.452 e. The number of pyridine rings is 1. The fourth-order valence-corrected chi connectivity index (χ4v) is 3.88. The summed E-state index contributed by atoms with van der Waals surface area (Å²) >= 11 is 1.49. The maximum absolute atomic E-state index is 12.7. The summed E-state index contributed by atoms with van der Waals surface area (Å²) in [6.07, 6.45) is 5.37. The van der Waals surface area contributed by atoms with Crippen LogP contribution >= 0.6 is 11.3 Å². The first-order valence-electron chi connectivity index (χ1n) is 10.5. The molecule has 0 radical (unpaired) electrons. The van der Waals surface area contributed by atoms with E-state index in [4.69, 9.17) is 9.15 Å². The minimum absolute atomic E-state index is 0.153. The zero-order chi connectivity index (χ0) is 23.0. The monoisotopic (exact) mass is 462 g/mol. The maximum Gasteiger partial charge on any atom is 0.331 e. The molecule has 4 rings (SSSR count). The second-order valence-corrected chi connectivity index (χ2v) is 8.10. The first-order chi connectivity index (χ1) is 16.1. The van der Waals surface area contributed by atoms with Gasteiger partial charge in [-0.2, -0.15) is 0 Å². The summed E-state index contributed by atoms with van der Waals surface area (Å²) in [5, 5.41) is 11.0. The van der Waals surface area contributed by atoms with Crippen molar-refractivity contribution >= 4 is 40.2 Å². The van der Waals surface area contributed by atoms with Gasteiger partial charge in [0.1, 0.15) is 0 Å². The number of nitrogens with zero attached hydrogens (tertiary/aromatic N) is 4. The Labute approximate surface area is 194 Å². The second kappa shape index (κ2) is 10.6. The Morgan fingerprint density at radius 1 is 1.15 bits per heavy atom. The quantitative estimate of drug-likeness (QED) is 0.269. The van der Waals surface area contributed by atoms with Gasteiger partial charge in [-0.15, -0.1) is 21.5 Å². The summed E-state index contributed by atoms with van der Waals surface area (Å²) in [5.41, 5.74) is 1.58. The number of rotatable bonds is 9. The molecule has 168 valence electrons. The molecular formula is C24H22N4O4S. The van der Waals surface area contributed by atoms with Crippen molar-refractivity contribution in [3.8, 4) is 10.8 Å². The van der Waals surface area contributed by atoms with Gasteiger partial charge >= 0.3 is 5.97 Å².